The van der Waals surface area contributed by atoms with E-state index in [0.717, 1.165) is 55.8 Å². The Morgan fingerprint density at radius 1 is 1.26 bits per heavy atom. The number of hydrogen-bond donors (Lipinski definition) is 0. The van der Waals surface area contributed by atoms with E-state index in [9.17, 15) is 4.79 Å². The van der Waals surface area contributed by atoms with E-state index in [2.05, 4.69) is 41.3 Å². The third-order valence-corrected chi connectivity index (χ3v) is 8.17. The Morgan fingerprint density at radius 2 is 1.97 bits per heavy atom. The predicted molar refractivity (Wildman–Crippen MR) is 151 cm³/mol. The van der Waals surface area contributed by atoms with Crippen LogP contribution in [0.4, 0.5) is 11.4 Å². The molecule has 1 aliphatic carbocycles. The number of carbonyl (C=O) groups excluding carboxylic acids is 1. The van der Waals surface area contributed by atoms with Crippen molar-refractivity contribution >= 4 is 53.1 Å². The van der Waals surface area contributed by atoms with Crippen molar-refractivity contribution in [3.63, 3.8) is 0 Å². The lowest BCUT2D eigenvalue weighted by Crippen LogP contribution is -2.55. The summed E-state index contributed by atoms with van der Waals surface area (Å²) < 4.78 is 6.16. The van der Waals surface area contributed by atoms with Gasteiger partial charge in [-0.1, -0.05) is 0 Å². The number of anilines is 2. The zero-order chi connectivity index (χ0) is 25.0. The lowest BCUT2D eigenvalue weighted by molar-refractivity contribution is -0.123. The Morgan fingerprint density at radius 3 is 2.51 bits per heavy atom. The summed E-state index contributed by atoms with van der Waals surface area (Å²) in [4.78, 5) is 23.9. The van der Waals surface area contributed by atoms with Crippen molar-refractivity contribution in [1.82, 2.24) is 9.88 Å². The highest BCUT2D eigenvalue weighted by atomic mass is 32.1. The van der Waals surface area contributed by atoms with Crippen LogP contribution in [-0.4, -0.2) is 52.7 Å². The van der Waals surface area contributed by atoms with Gasteiger partial charge < -0.3 is 14.5 Å². The van der Waals surface area contributed by atoms with Crippen LogP contribution in [0.15, 0.2) is 36.5 Å². The van der Waals surface area contributed by atoms with E-state index in [1.54, 1.807) is 11.1 Å². The van der Waals surface area contributed by atoms with Crippen molar-refractivity contribution in [3.05, 3.63) is 47.8 Å². The highest BCUT2D eigenvalue weighted by Crippen LogP contribution is 2.48. The molecule has 1 amide bonds. The van der Waals surface area contributed by atoms with Gasteiger partial charge in [-0.15, -0.1) is 24.9 Å². The average Bonchev–Trinajstić information content (AvgIpc) is 3.30. The monoisotopic (exact) mass is 524 g/mol. The summed E-state index contributed by atoms with van der Waals surface area (Å²) in [6, 6.07) is 9.89. The van der Waals surface area contributed by atoms with Crippen molar-refractivity contribution in [2.24, 2.45) is 0 Å². The molecule has 3 aliphatic rings. The first-order valence-corrected chi connectivity index (χ1v) is 13.4. The van der Waals surface area contributed by atoms with Crippen molar-refractivity contribution < 1.29 is 9.53 Å². The van der Waals surface area contributed by atoms with E-state index in [1.165, 1.54) is 0 Å². The Hall–Kier alpha value is -2.09. The third kappa shape index (κ3) is 4.25. The normalized spacial score (nSPS) is 22.0. The van der Waals surface area contributed by atoms with E-state index in [0.29, 0.717) is 16.5 Å². The van der Waals surface area contributed by atoms with Gasteiger partial charge >= 0.3 is 0 Å². The summed E-state index contributed by atoms with van der Waals surface area (Å²) in [6.45, 7) is 4.00. The van der Waals surface area contributed by atoms with Gasteiger partial charge in [0.05, 0.1) is 11.9 Å². The lowest BCUT2D eigenvalue weighted by Gasteiger charge is -2.43. The smallest absolute Gasteiger partial charge is 0.259 e. The number of aromatic nitrogens is 1. The number of pyridine rings is 1. The minimum Gasteiger partial charge on any atom is -0.489 e. The maximum Gasteiger partial charge on any atom is 0.259 e. The summed E-state index contributed by atoms with van der Waals surface area (Å²) in [6.07, 6.45) is 11.1. The van der Waals surface area contributed by atoms with Gasteiger partial charge in [0, 0.05) is 29.2 Å². The van der Waals surface area contributed by atoms with Crippen LogP contribution in [0.25, 0.3) is 0 Å². The molecule has 2 aromatic rings. The molecule has 6 nitrogen and oxygen atoms in total. The van der Waals surface area contributed by atoms with Gasteiger partial charge in [-0.3, -0.25) is 9.69 Å². The lowest BCUT2D eigenvalue weighted by atomic mass is 9.75. The first-order chi connectivity index (χ1) is 16.6. The van der Waals surface area contributed by atoms with E-state index in [4.69, 9.17) is 23.4 Å². The Balaban J connectivity index is 1.46. The second-order valence-corrected chi connectivity index (χ2v) is 13.4. The Bertz CT molecular complexity index is 1220. The Labute approximate surface area is 217 Å². The third-order valence-electron chi connectivity index (χ3n) is 7.19. The SMILES string of the molecule is C#Cc1ncc(N2C(=O)C3(CCC3)N(c3ccc(OC4CCN(C)C4)cc3)C2=S)cc1C(C)(P)P. The molecule has 3 heterocycles. The number of carbonyl (C=O) groups is 1. The number of ether oxygens (including phenoxy) is 1. The fourth-order valence-corrected chi connectivity index (χ4v) is 6.08. The molecule has 1 aromatic carbocycles. The van der Waals surface area contributed by atoms with Crippen LogP contribution < -0.4 is 14.5 Å². The topological polar surface area (TPSA) is 48.9 Å². The molecule has 5 rings (SSSR count). The summed E-state index contributed by atoms with van der Waals surface area (Å²) in [5.41, 5.74) is 2.30. The number of rotatable bonds is 5. The number of terminal acetylenes is 1. The maximum absolute atomic E-state index is 13.8. The van der Waals surface area contributed by atoms with Gasteiger partial charge in [-0.2, -0.15) is 0 Å². The number of likely N-dealkylation sites (N-methyl/N-ethyl adjacent to an activating group) is 1. The summed E-state index contributed by atoms with van der Waals surface area (Å²) in [7, 11) is 7.64. The van der Waals surface area contributed by atoms with E-state index >= 15 is 0 Å². The molecule has 2 saturated heterocycles. The second-order valence-electron chi connectivity index (χ2n) is 9.95. The van der Waals surface area contributed by atoms with E-state index in [-0.39, 0.29) is 16.9 Å². The number of hydrogen-bond acceptors (Lipinski definition) is 5. The summed E-state index contributed by atoms with van der Waals surface area (Å²) >= 11 is 5.93. The molecule has 1 spiro atoms. The molecule has 0 radical (unpaired) electrons. The molecule has 1 saturated carbocycles. The van der Waals surface area contributed by atoms with Crippen molar-refractivity contribution in [2.45, 2.75) is 49.1 Å². The van der Waals surface area contributed by atoms with E-state index in [1.807, 2.05) is 42.2 Å². The number of amides is 1. The van der Waals surface area contributed by atoms with Gasteiger partial charge in [0.25, 0.3) is 5.91 Å². The van der Waals surface area contributed by atoms with Crippen LogP contribution >= 0.6 is 30.7 Å². The van der Waals surface area contributed by atoms with Crippen LogP contribution in [0.5, 0.6) is 5.75 Å². The molecule has 3 fully saturated rings. The second kappa shape index (κ2) is 9.09. The molecule has 1 aromatic heterocycles. The predicted octanol–water partition coefficient (Wildman–Crippen LogP) is 4.13. The number of benzene rings is 1. The standard InChI is InChI=1S/C26H30N4O2P2S/c1-4-22-21(25(2,33)34)14-18(15-27-22)29-23(31)26(11-5-12-26)30(24(29)35)17-6-8-19(9-7-17)32-20-10-13-28(3)16-20/h1,6-9,14-15,20H,5,10-13,16,33-34H2,2-3H3. The summed E-state index contributed by atoms with van der Waals surface area (Å²) in [5.74, 6) is 3.49. The number of thiocarbonyl (C=S) groups is 1. The molecule has 182 valence electrons. The van der Waals surface area contributed by atoms with Crippen molar-refractivity contribution in [2.75, 3.05) is 29.9 Å². The number of nitrogens with zero attached hydrogens (tertiary/aromatic N) is 4. The summed E-state index contributed by atoms with van der Waals surface area (Å²) in [5, 5.41) is 0.469. The van der Waals surface area contributed by atoms with Gasteiger partial charge in [-0.05, 0) is 88.1 Å². The molecular formula is C26H30N4O2P2S. The highest BCUT2D eigenvalue weighted by molar-refractivity contribution is 7.81. The van der Waals surface area contributed by atoms with Crippen LogP contribution in [0.1, 0.15) is 43.9 Å². The van der Waals surface area contributed by atoms with Gasteiger partial charge in [-0.25, -0.2) is 4.98 Å². The Kier molecular flexibility index (Phi) is 6.39. The van der Waals surface area contributed by atoms with Crippen molar-refractivity contribution in [3.8, 4) is 18.1 Å². The molecule has 3 atom stereocenters. The van der Waals surface area contributed by atoms with Gasteiger partial charge in [0.2, 0.25) is 0 Å². The molecule has 3 unspecified atom stereocenters. The zero-order valence-electron chi connectivity index (χ0n) is 20.0. The van der Waals surface area contributed by atoms with Crippen LogP contribution in [-0.2, 0) is 9.69 Å². The quantitative estimate of drug-likeness (QED) is 0.333. The first-order valence-electron chi connectivity index (χ1n) is 11.8. The molecule has 0 N–H and O–H groups in total. The molecule has 2 aliphatic heterocycles. The maximum atomic E-state index is 13.8. The fourth-order valence-electron chi connectivity index (χ4n) is 5.17. The fraction of sp³-hybridized carbons (Fsp3) is 0.423. The minimum atomic E-state index is -0.649. The van der Waals surface area contributed by atoms with Crippen LogP contribution in [0.3, 0.4) is 0 Å². The molecule has 0 bridgehead atoms. The van der Waals surface area contributed by atoms with Crippen LogP contribution in [0.2, 0.25) is 0 Å². The van der Waals surface area contributed by atoms with Crippen LogP contribution in [0, 0.1) is 12.3 Å². The van der Waals surface area contributed by atoms with Gasteiger partial charge in [0.15, 0.2) is 5.11 Å². The van der Waals surface area contributed by atoms with Crippen molar-refractivity contribution in [1.29, 1.82) is 0 Å². The minimum absolute atomic E-state index is 0.00140. The average molecular weight is 525 g/mol. The largest absolute Gasteiger partial charge is 0.489 e. The molecule has 9 heteroatoms. The number of likely N-dealkylation sites (tertiary alicyclic amines) is 1. The highest BCUT2D eigenvalue weighted by Gasteiger charge is 2.59. The first kappa shape index (κ1) is 24.6. The zero-order valence-corrected chi connectivity index (χ0v) is 23.2. The van der Waals surface area contributed by atoms with Gasteiger partial charge in [0.1, 0.15) is 23.1 Å². The molecular weight excluding hydrogens is 494 g/mol. The molecule has 35 heavy (non-hydrogen) atoms. The van der Waals surface area contributed by atoms with E-state index < -0.39 is 5.54 Å².